The standard InChI is InChI=1S/C23H20N2O4/c1-27-19-10-6-9-18(14-19)25-23(26)22(17-7-4-3-5-8-17)29-20-12-11-16(15-24)13-21(20)28-2/h3-14,22H,1-2H3,(H,25,26). The molecule has 0 aliphatic heterocycles. The van der Waals surface area contributed by atoms with Crippen LogP contribution in [0.25, 0.3) is 0 Å². The van der Waals surface area contributed by atoms with Crippen LogP contribution in [-0.4, -0.2) is 20.1 Å². The molecule has 3 aromatic rings. The third kappa shape index (κ3) is 4.85. The van der Waals surface area contributed by atoms with Gasteiger partial charge in [0, 0.05) is 23.4 Å². The topological polar surface area (TPSA) is 80.6 Å². The number of hydrogen-bond donors (Lipinski definition) is 1. The lowest BCUT2D eigenvalue weighted by Crippen LogP contribution is -2.25. The van der Waals surface area contributed by atoms with Crippen molar-refractivity contribution in [1.82, 2.24) is 0 Å². The second kappa shape index (κ2) is 9.29. The molecule has 0 radical (unpaired) electrons. The van der Waals surface area contributed by atoms with Gasteiger partial charge in [-0.2, -0.15) is 5.26 Å². The minimum absolute atomic E-state index is 0.351. The van der Waals surface area contributed by atoms with Crippen LogP contribution in [0.15, 0.2) is 72.8 Å². The molecule has 1 atom stereocenters. The molecule has 1 amide bonds. The van der Waals surface area contributed by atoms with Crippen LogP contribution in [0.3, 0.4) is 0 Å². The molecule has 29 heavy (non-hydrogen) atoms. The summed E-state index contributed by atoms with van der Waals surface area (Å²) in [6.07, 6.45) is -0.927. The molecule has 0 aromatic heterocycles. The average molecular weight is 388 g/mol. The number of rotatable bonds is 7. The van der Waals surface area contributed by atoms with E-state index in [4.69, 9.17) is 19.5 Å². The van der Waals surface area contributed by atoms with Gasteiger partial charge in [0.1, 0.15) is 5.75 Å². The van der Waals surface area contributed by atoms with Crippen molar-refractivity contribution in [3.63, 3.8) is 0 Å². The predicted molar refractivity (Wildman–Crippen MR) is 109 cm³/mol. The Kier molecular flexibility index (Phi) is 6.33. The number of nitrogens with zero attached hydrogens (tertiary/aromatic N) is 1. The molecule has 0 spiro atoms. The fourth-order valence-electron chi connectivity index (χ4n) is 2.77. The summed E-state index contributed by atoms with van der Waals surface area (Å²) in [6.45, 7) is 0. The lowest BCUT2D eigenvalue weighted by atomic mass is 10.1. The lowest BCUT2D eigenvalue weighted by molar-refractivity contribution is -0.123. The number of nitrogens with one attached hydrogen (secondary N) is 1. The monoisotopic (exact) mass is 388 g/mol. The molecule has 0 saturated carbocycles. The van der Waals surface area contributed by atoms with Crippen LogP contribution in [-0.2, 0) is 4.79 Å². The average Bonchev–Trinajstić information content (AvgIpc) is 2.78. The van der Waals surface area contributed by atoms with E-state index in [0.29, 0.717) is 34.1 Å². The van der Waals surface area contributed by atoms with Gasteiger partial charge in [-0.15, -0.1) is 0 Å². The Bertz CT molecular complexity index is 1030. The van der Waals surface area contributed by atoms with Crippen molar-refractivity contribution in [2.24, 2.45) is 0 Å². The highest BCUT2D eigenvalue weighted by molar-refractivity contribution is 5.95. The first-order chi connectivity index (χ1) is 14.1. The second-order valence-electron chi connectivity index (χ2n) is 6.11. The lowest BCUT2D eigenvalue weighted by Gasteiger charge is -2.21. The number of amides is 1. The van der Waals surface area contributed by atoms with Crippen LogP contribution in [0.5, 0.6) is 17.2 Å². The number of carbonyl (C=O) groups excluding carboxylic acids is 1. The van der Waals surface area contributed by atoms with Gasteiger partial charge in [0.15, 0.2) is 11.5 Å². The molecular weight excluding hydrogens is 368 g/mol. The fraction of sp³-hybridized carbons (Fsp3) is 0.130. The minimum atomic E-state index is -0.927. The maximum atomic E-state index is 13.1. The maximum absolute atomic E-state index is 13.1. The SMILES string of the molecule is COc1cccc(NC(=O)C(Oc2ccc(C#N)cc2OC)c2ccccc2)c1. The first-order valence-corrected chi connectivity index (χ1v) is 8.89. The van der Waals surface area contributed by atoms with E-state index in [1.54, 1.807) is 49.6 Å². The number of hydrogen-bond acceptors (Lipinski definition) is 5. The zero-order chi connectivity index (χ0) is 20.6. The quantitative estimate of drug-likeness (QED) is 0.651. The van der Waals surface area contributed by atoms with Crippen LogP contribution in [0, 0.1) is 11.3 Å². The number of anilines is 1. The normalized spacial score (nSPS) is 11.1. The van der Waals surface area contributed by atoms with Crippen LogP contribution in [0.4, 0.5) is 5.69 Å². The number of methoxy groups -OCH3 is 2. The third-order valence-corrected chi connectivity index (χ3v) is 4.22. The van der Waals surface area contributed by atoms with Crippen LogP contribution < -0.4 is 19.5 Å². The van der Waals surface area contributed by atoms with Crippen LogP contribution in [0.1, 0.15) is 17.2 Å². The van der Waals surface area contributed by atoms with E-state index in [1.165, 1.54) is 7.11 Å². The Morgan fingerprint density at radius 1 is 0.931 bits per heavy atom. The molecule has 3 rings (SSSR count). The first kappa shape index (κ1) is 19.8. The van der Waals surface area contributed by atoms with Gasteiger partial charge < -0.3 is 19.5 Å². The Balaban J connectivity index is 1.91. The van der Waals surface area contributed by atoms with E-state index < -0.39 is 6.10 Å². The van der Waals surface area contributed by atoms with Crippen LogP contribution in [0.2, 0.25) is 0 Å². The highest BCUT2D eigenvalue weighted by Gasteiger charge is 2.24. The number of benzene rings is 3. The van der Waals surface area contributed by atoms with Crippen molar-refractivity contribution >= 4 is 11.6 Å². The smallest absolute Gasteiger partial charge is 0.270 e. The van der Waals surface area contributed by atoms with Crippen molar-refractivity contribution in [3.05, 3.63) is 83.9 Å². The zero-order valence-corrected chi connectivity index (χ0v) is 16.1. The number of ether oxygens (including phenoxy) is 3. The van der Waals surface area contributed by atoms with E-state index >= 15 is 0 Å². The van der Waals surface area contributed by atoms with Gasteiger partial charge >= 0.3 is 0 Å². The second-order valence-corrected chi connectivity index (χ2v) is 6.11. The Hall–Kier alpha value is -3.98. The molecule has 0 fully saturated rings. The minimum Gasteiger partial charge on any atom is -0.497 e. The summed E-state index contributed by atoms with van der Waals surface area (Å²) in [6, 6.07) is 23.1. The molecule has 0 heterocycles. The predicted octanol–water partition coefficient (Wildman–Crippen LogP) is 4.33. The zero-order valence-electron chi connectivity index (χ0n) is 16.1. The van der Waals surface area contributed by atoms with E-state index in [-0.39, 0.29) is 5.91 Å². The van der Waals surface area contributed by atoms with E-state index in [1.807, 2.05) is 30.3 Å². The van der Waals surface area contributed by atoms with Gasteiger partial charge in [0.25, 0.3) is 5.91 Å². The molecule has 0 aliphatic rings. The summed E-state index contributed by atoms with van der Waals surface area (Å²) >= 11 is 0. The van der Waals surface area contributed by atoms with Gasteiger partial charge in [-0.1, -0.05) is 36.4 Å². The van der Waals surface area contributed by atoms with Gasteiger partial charge in [-0.3, -0.25) is 4.79 Å². The van der Waals surface area contributed by atoms with E-state index in [9.17, 15) is 4.79 Å². The van der Waals surface area contributed by atoms with E-state index in [0.717, 1.165) is 0 Å². The highest BCUT2D eigenvalue weighted by atomic mass is 16.5. The van der Waals surface area contributed by atoms with Gasteiger partial charge in [-0.25, -0.2) is 0 Å². The van der Waals surface area contributed by atoms with Crippen molar-refractivity contribution in [2.45, 2.75) is 6.10 Å². The van der Waals surface area contributed by atoms with Gasteiger partial charge in [-0.05, 0) is 24.3 Å². The summed E-state index contributed by atoms with van der Waals surface area (Å²) in [4.78, 5) is 13.1. The number of carbonyl (C=O) groups is 1. The number of nitriles is 1. The third-order valence-electron chi connectivity index (χ3n) is 4.22. The molecule has 3 aromatic carbocycles. The maximum Gasteiger partial charge on any atom is 0.270 e. The van der Waals surface area contributed by atoms with Crippen molar-refractivity contribution < 1.29 is 19.0 Å². The van der Waals surface area contributed by atoms with Crippen molar-refractivity contribution in [1.29, 1.82) is 5.26 Å². The summed E-state index contributed by atoms with van der Waals surface area (Å²) in [5.74, 6) is 1.02. The molecular formula is C23H20N2O4. The fourth-order valence-corrected chi connectivity index (χ4v) is 2.77. The largest absolute Gasteiger partial charge is 0.497 e. The molecule has 146 valence electrons. The summed E-state index contributed by atoms with van der Waals surface area (Å²) in [5.41, 5.74) is 1.70. The summed E-state index contributed by atoms with van der Waals surface area (Å²) in [5, 5.41) is 11.9. The molecule has 0 saturated heterocycles. The summed E-state index contributed by atoms with van der Waals surface area (Å²) < 4.78 is 16.6. The highest BCUT2D eigenvalue weighted by Crippen LogP contribution is 2.33. The van der Waals surface area contributed by atoms with Crippen LogP contribution >= 0.6 is 0 Å². The first-order valence-electron chi connectivity index (χ1n) is 8.89. The Morgan fingerprint density at radius 3 is 2.41 bits per heavy atom. The molecule has 0 aliphatic carbocycles. The molecule has 1 unspecified atom stereocenters. The molecule has 1 N–H and O–H groups in total. The summed E-state index contributed by atoms with van der Waals surface area (Å²) in [7, 11) is 3.05. The Morgan fingerprint density at radius 2 is 1.72 bits per heavy atom. The molecule has 6 nitrogen and oxygen atoms in total. The van der Waals surface area contributed by atoms with Crippen molar-refractivity contribution in [2.75, 3.05) is 19.5 Å². The Labute approximate surface area is 169 Å². The van der Waals surface area contributed by atoms with Gasteiger partial charge in [0.05, 0.1) is 25.9 Å². The van der Waals surface area contributed by atoms with Gasteiger partial charge in [0.2, 0.25) is 6.10 Å². The molecule has 6 heteroatoms. The van der Waals surface area contributed by atoms with E-state index in [2.05, 4.69) is 11.4 Å². The van der Waals surface area contributed by atoms with Crippen molar-refractivity contribution in [3.8, 4) is 23.3 Å². The molecule has 0 bridgehead atoms.